The van der Waals surface area contributed by atoms with Gasteiger partial charge in [0.05, 0.1) is 29.9 Å². The van der Waals surface area contributed by atoms with Gasteiger partial charge in [-0.3, -0.25) is 14.2 Å². The van der Waals surface area contributed by atoms with Gasteiger partial charge in [0.15, 0.2) is 21.0 Å². The highest BCUT2D eigenvalue weighted by Crippen LogP contribution is 2.31. The number of amides is 1. The minimum atomic E-state index is -3.23. The van der Waals surface area contributed by atoms with Crippen LogP contribution in [0.25, 0.3) is 11.2 Å². The highest BCUT2D eigenvalue weighted by molar-refractivity contribution is 7.91. The molecule has 3 heterocycles. The van der Waals surface area contributed by atoms with Gasteiger partial charge in [-0.2, -0.15) is 0 Å². The zero-order valence-electron chi connectivity index (χ0n) is 19.6. The molecular weight excluding hydrogens is 470 g/mol. The molecule has 1 atom stereocenters. The van der Waals surface area contributed by atoms with Crippen molar-refractivity contribution in [2.45, 2.75) is 63.7 Å². The SMILES string of the molecule is CC1(NC(=O)Cn2c(=O)c3c(ncn3C3CCCC3)n(Cc3ccccc3)c2=O)CCS(=O)(=O)C1. The van der Waals surface area contributed by atoms with Crippen molar-refractivity contribution in [2.24, 2.45) is 0 Å². The van der Waals surface area contributed by atoms with Crippen LogP contribution < -0.4 is 16.6 Å². The van der Waals surface area contributed by atoms with Crippen LogP contribution in [0, 0.1) is 0 Å². The summed E-state index contributed by atoms with van der Waals surface area (Å²) in [7, 11) is -3.23. The van der Waals surface area contributed by atoms with Crippen LogP contribution in [0.5, 0.6) is 0 Å². The quantitative estimate of drug-likeness (QED) is 0.544. The van der Waals surface area contributed by atoms with E-state index in [0.717, 1.165) is 35.8 Å². The summed E-state index contributed by atoms with van der Waals surface area (Å²) in [6.07, 6.45) is 5.89. The van der Waals surface area contributed by atoms with Gasteiger partial charge in [-0.15, -0.1) is 0 Å². The lowest BCUT2D eigenvalue weighted by Gasteiger charge is -2.24. The molecule has 10 nitrogen and oxygen atoms in total. The fourth-order valence-corrected chi connectivity index (χ4v) is 7.43. The van der Waals surface area contributed by atoms with E-state index in [1.165, 1.54) is 4.57 Å². The van der Waals surface area contributed by atoms with Crippen molar-refractivity contribution in [1.82, 2.24) is 24.0 Å². The molecule has 35 heavy (non-hydrogen) atoms. The normalized spacial score (nSPS) is 22.1. The third-order valence-electron chi connectivity index (χ3n) is 7.09. The number of fused-ring (bicyclic) bond motifs is 1. The number of benzene rings is 1. The summed E-state index contributed by atoms with van der Waals surface area (Å²) in [4.78, 5) is 44.5. The van der Waals surface area contributed by atoms with Crippen LogP contribution >= 0.6 is 0 Å². The summed E-state index contributed by atoms with van der Waals surface area (Å²) in [6, 6.07) is 9.51. The Balaban J connectivity index is 1.57. The summed E-state index contributed by atoms with van der Waals surface area (Å²) in [5.74, 6) is -0.728. The molecule has 1 amide bonds. The second-order valence-electron chi connectivity index (χ2n) is 9.96. The lowest BCUT2D eigenvalue weighted by atomic mass is 10.0. The van der Waals surface area contributed by atoms with Crippen molar-refractivity contribution in [3.05, 3.63) is 63.1 Å². The lowest BCUT2D eigenvalue weighted by Crippen LogP contribution is -2.51. The number of carbonyl (C=O) groups excluding carboxylic acids is 1. The summed E-state index contributed by atoms with van der Waals surface area (Å²) in [5.41, 5.74) is -0.612. The van der Waals surface area contributed by atoms with E-state index in [9.17, 15) is 22.8 Å². The smallest absolute Gasteiger partial charge is 0.333 e. The maximum Gasteiger partial charge on any atom is 0.333 e. The first-order chi connectivity index (χ1) is 16.7. The third kappa shape index (κ3) is 4.56. The molecule has 1 aromatic carbocycles. The largest absolute Gasteiger partial charge is 0.348 e. The third-order valence-corrected chi connectivity index (χ3v) is 8.99. The van der Waals surface area contributed by atoms with Crippen molar-refractivity contribution in [2.75, 3.05) is 11.5 Å². The molecule has 1 aliphatic carbocycles. The molecule has 1 aliphatic heterocycles. The molecule has 2 fully saturated rings. The Bertz CT molecular complexity index is 1500. The number of aromatic nitrogens is 4. The van der Waals surface area contributed by atoms with E-state index >= 15 is 0 Å². The van der Waals surface area contributed by atoms with Gasteiger partial charge in [0.25, 0.3) is 5.56 Å². The second-order valence-corrected chi connectivity index (χ2v) is 12.1. The highest BCUT2D eigenvalue weighted by Gasteiger charge is 2.39. The second kappa shape index (κ2) is 8.78. The number of carbonyl (C=O) groups is 1. The van der Waals surface area contributed by atoms with Crippen molar-refractivity contribution in [1.29, 1.82) is 0 Å². The van der Waals surface area contributed by atoms with Gasteiger partial charge in [0.2, 0.25) is 5.91 Å². The summed E-state index contributed by atoms with van der Waals surface area (Å²) < 4.78 is 28.1. The van der Waals surface area contributed by atoms with Crippen LogP contribution in [-0.4, -0.2) is 50.1 Å². The molecule has 1 saturated carbocycles. The fraction of sp³-hybridized carbons (Fsp3) is 0.500. The molecule has 0 spiro atoms. The van der Waals surface area contributed by atoms with E-state index in [1.54, 1.807) is 13.3 Å². The molecule has 0 radical (unpaired) electrons. The number of hydrogen-bond acceptors (Lipinski definition) is 6. The Morgan fingerprint density at radius 2 is 1.86 bits per heavy atom. The van der Waals surface area contributed by atoms with Gasteiger partial charge >= 0.3 is 5.69 Å². The zero-order chi connectivity index (χ0) is 24.8. The first-order valence-corrected chi connectivity index (χ1v) is 13.7. The lowest BCUT2D eigenvalue weighted by molar-refractivity contribution is -0.123. The van der Waals surface area contributed by atoms with Crippen LogP contribution in [0.3, 0.4) is 0 Å². The van der Waals surface area contributed by atoms with E-state index in [4.69, 9.17) is 0 Å². The van der Waals surface area contributed by atoms with Crippen LogP contribution in [0.15, 0.2) is 46.2 Å². The van der Waals surface area contributed by atoms with Crippen molar-refractivity contribution in [3.63, 3.8) is 0 Å². The van der Waals surface area contributed by atoms with E-state index in [-0.39, 0.29) is 24.1 Å². The minimum absolute atomic E-state index is 0.000141. The maximum absolute atomic E-state index is 13.6. The first-order valence-electron chi connectivity index (χ1n) is 11.9. The van der Waals surface area contributed by atoms with Gasteiger partial charge < -0.3 is 9.88 Å². The molecule has 1 unspecified atom stereocenters. The number of imidazole rings is 1. The predicted molar refractivity (Wildman–Crippen MR) is 131 cm³/mol. The average molecular weight is 500 g/mol. The average Bonchev–Trinajstić information content (AvgIpc) is 3.53. The Kier molecular flexibility index (Phi) is 5.90. The standard InChI is InChI=1S/C24H29N5O5S/c1-24(11-12-35(33,34)15-24)26-19(30)14-28-22(31)20-21(25-16-29(20)18-9-5-6-10-18)27(23(28)32)13-17-7-3-2-4-8-17/h2-4,7-8,16,18H,5-6,9-15H2,1H3,(H,26,30). The molecule has 2 aromatic heterocycles. The van der Waals surface area contributed by atoms with Gasteiger partial charge in [-0.25, -0.2) is 22.8 Å². The Hall–Kier alpha value is -3.21. The number of sulfone groups is 1. The highest BCUT2D eigenvalue weighted by atomic mass is 32.2. The van der Waals surface area contributed by atoms with E-state index in [1.807, 2.05) is 34.9 Å². The Morgan fingerprint density at radius 1 is 1.14 bits per heavy atom. The van der Waals surface area contributed by atoms with Crippen LogP contribution in [0.4, 0.5) is 0 Å². The number of nitrogens with one attached hydrogen (secondary N) is 1. The molecule has 186 valence electrons. The zero-order valence-corrected chi connectivity index (χ0v) is 20.5. The van der Waals surface area contributed by atoms with Gasteiger partial charge in [-0.1, -0.05) is 43.2 Å². The maximum atomic E-state index is 13.6. The number of rotatable bonds is 6. The molecule has 11 heteroatoms. The summed E-state index contributed by atoms with van der Waals surface area (Å²) >= 11 is 0. The first kappa shape index (κ1) is 23.5. The minimum Gasteiger partial charge on any atom is -0.348 e. The summed E-state index contributed by atoms with van der Waals surface area (Å²) in [5, 5.41) is 2.75. The van der Waals surface area contributed by atoms with E-state index < -0.39 is 39.1 Å². The van der Waals surface area contributed by atoms with Crippen LogP contribution in [0.1, 0.15) is 50.6 Å². The monoisotopic (exact) mass is 499 g/mol. The Morgan fingerprint density at radius 3 is 2.51 bits per heavy atom. The van der Waals surface area contributed by atoms with Crippen LogP contribution in [-0.2, 0) is 27.7 Å². The molecule has 3 aromatic rings. The summed E-state index contributed by atoms with van der Waals surface area (Å²) in [6.45, 7) is 1.38. The Labute approximate surface area is 202 Å². The van der Waals surface area contributed by atoms with E-state index in [0.29, 0.717) is 17.6 Å². The van der Waals surface area contributed by atoms with Gasteiger partial charge in [0.1, 0.15) is 6.54 Å². The van der Waals surface area contributed by atoms with E-state index in [2.05, 4.69) is 10.3 Å². The molecule has 5 rings (SSSR count). The van der Waals surface area contributed by atoms with Gasteiger partial charge in [-0.05, 0) is 31.7 Å². The van der Waals surface area contributed by atoms with Crippen LogP contribution in [0.2, 0.25) is 0 Å². The number of hydrogen-bond donors (Lipinski definition) is 1. The molecule has 1 saturated heterocycles. The molecule has 1 N–H and O–H groups in total. The number of nitrogens with zero attached hydrogens (tertiary/aromatic N) is 4. The molecular formula is C24H29N5O5S. The van der Waals surface area contributed by atoms with Crippen molar-refractivity contribution >= 4 is 26.9 Å². The fourth-order valence-electron chi connectivity index (χ4n) is 5.34. The van der Waals surface area contributed by atoms with Crippen molar-refractivity contribution in [3.8, 4) is 0 Å². The topological polar surface area (TPSA) is 125 Å². The van der Waals surface area contributed by atoms with Crippen molar-refractivity contribution < 1.29 is 13.2 Å². The molecule has 0 bridgehead atoms. The molecule has 2 aliphatic rings. The van der Waals surface area contributed by atoms with Gasteiger partial charge in [0, 0.05) is 6.04 Å². The predicted octanol–water partition coefficient (Wildman–Crippen LogP) is 1.22.